The number of hydrogen-bond acceptors (Lipinski definition) is 3. The number of alkyl halides is 3. The van der Waals surface area contributed by atoms with Crippen LogP contribution < -0.4 is 4.74 Å². The highest BCUT2D eigenvalue weighted by Crippen LogP contribution is 2.54. The Morgan fingerprint density at radius 1 is 1.40 bits per heavy atom. The van der Waals surface area contributed by atoms with Crippen LogP contribution in [0.5, 0.6) is 5.75 Å². The standard InChI is InChI=1S/C17H20F4O4/c1-5-24-13-8(2)11(18)7-6-10(13)12-9(3)16(4,17(19,20)21)25-14(12)15(22)23/h6-7,9,12,14H,5H2,1-4H3,(H,22,23). The molecule has 1 aliphatic heterocycles. The lowest BCUT2D eigenvalue weighted by molar-refractivity contribution is -0.273. The highest BCUT2D eigenvalue weighted by Gasteiger charge is 2.66. The molecule has 1 N–H and O–H groups in total. The van der Waals surface area contributed by atoms with Crippen LogP contribution in [0.15, 0.2) is 12.1 Å². The molecule has 8 heteroatoms. The summed E-state index contributed by atoms with van der Waals surface area (Å²) in [4.78, 5) is 11.6. The zero-order valence-corrected chi connectivity index (χ0v) is 14.3. The number of ether oxygens (including phenoxy) is 2. The third-order valence-corrected chi connectivity index (χ3v) is 4.93. The van der Waals surface area contributed by atoms with Crippen LogP contribution in [-0.2, 0) is 9.53 Å². The lowest BCUT2D eigenvalue weighted by Gasteiger charge is -2.32. The molecule has 1 saturated heterocycles. The number of rotatable bonds is 4. The molecule has 0 aromatic heterocycles. The maximum atomic E-state index is 13.9. The van der Waals surface area contributed by atoms with Crippen molar-refractivity contribution in [1.82, 2.24) is 0 Å². The number of aliphatic carboxylic acids is 1. The summed E-state index contributed by atoms with van der Waals surface area (Å²) in [5.41, 5.74) is -2.31. The van der Waals surface area contributed by atoms with Crippen molar-refractivity contribution in [2.75, 3.05) is 6.61 Å². The van der Waals surface area contributed by atoms with Crippen LogP contribution in [0.25, 0.3) is 0 Å². The summed E-state index contributed by atoms with van der Waals surface area (Å²) in [5, 5.41) is 9.40. The molecule has 2 rings (SSSR count). The summed E-state index contributed by atoms with van der Waals surface area (Å²) in [6.45, 7) is 5.37. The molecule has 0 saturated carbocycles. The Bertz CT molecular complexity index is 673. The van der Waals surface area contributed by atoms with E-state index < -0.39 is 41.5 Å². The second-order valence-corrected chi connectivity index (χ2v) is 6.32. The molecule has 1 heterocycles. The SMILES string of the molecule is CCOc1c(C2C(C(=O)O)OC(C)(C(F)(F)F)C2C)ccc(F)c1C. The van der Waals surface area contributed by atoms with E-state index >= 15 is 0 Å². The molecular formula is C17H20F4O4. The summed E-state index contributed by atoms with van der Waals surface area (Å²) < 4.78 is 64.8. The summed E-state index contributed by atoms with van der Waals surface area (Å²) >= 11 is 0. The predicted octanol–water partition coefficient (Wildman–Crippen LogP) is 4.06. The maximum absolute atomic E-state index is 13.9. The lowest BCUT2D eigenvalue weighted by atomic mass is 9.76. The number of benzene rings is 1. The Balaban J connectivity index is 2.64. The minimum atomic E-state index is -4.75. The molecular weight excluding hydrogens is 344 g/mol. The number of carboxylic acids is 1. The van der Waals surface area contributed by atoms with E-state index in [-0.39, 0.29) is 23.5 Å². The van der Waals surface area contributed by atoms with Gasteiger partial charge >= 0.3 is 12.1 Å². The average molecular weight is 364 g/mol. The van der Waals surface area contributed by atoms with E-state index in [0.717, 1.165) is 13.0 Å². The minimum absolute atomic E-state index is 0.0700. The van der Waals surface area contributed by atoms with Crippen LogP contribution in [0, 0.1) is 18.7 Å². The molecule has 1 aromatic rings. The van der Waals surface area contributed by atoms with Crippen LogP contribution in [0.2, 0.25) is 0 Å². The van der Waals surface area contributed by atoms with Crippen molar-refractivity contribution >= 4 is 5.97 Å². The van der Waals surface area contributed by atoms with Crippen LogP contribution in [0.1, 0.15) is 37.8 Å². The van der Waals surface area contributed by atoms with E-state index in [1.54, 1.807) is 6.92 Å². The van der Waals surface area contributed by atoms with Gasteiger partial charge in [0.2, 0.25) is 0 Å². The molecule has 4 nitrogen and oxygen atoms in total. The Kier molecular flexibility index (Phi) is 5.05. The molecule has 1 aromatic carbocycles. The van der Waals surface area contributed by atoms with E-state index in [9.17, 15) is 27.5 Å². The minimum Gasteiger partial charge on any atom is -0.493 e. The molecule has 25 heavy (non-hydrogen) atoms. The van der Waals surface area contributed by atoms with Gasteiger partial charge in [-0.15, -0.1) is 0 Å². The normalized spacial score (nSPS) is 29.7. The highest BCUT2D eigenvalue weighted by molar-refractivity contribution is 5.75. The average Bonchev–Trinajstić information content (AvgIpc) is 2.78. The fourth-order valence-electron chi connectivity index (χ4n) is 3.30. The fourth-order valence-corrected chi connectivity index (χ4v) is 3.30. The molecule has 1 fully saturated rings. The molecule has 1 aliphatic rings. The van der Waals surface area contributed by atoms with Crippen molar-refractivity contribution in [2.24, 2.45) is 5.92 Å². The summed E-state index contributed by atoms with van der Waals surface area (Å²) in [6.07, 6.45) is -6.47. The van der Waals surface area contributed by atoms with Crippen LogP contribution in [0.3, 0.4) is 0 Å². The van der Waals surface area contributed by atoms with E-state index in [4.69, 9.17) is 9.47 Å². The van der Waals surface area contributed by atoms with E-state index in [2.05, 4.69) is 0 Å². The Hall–Kier alpha value is -1.83. The first-order chi connectivity index (χ1) is 11.5. The van der Waals surface area contributed by atoms with Gasteiger partial charge in [-0.3, -0.25) is 0 Å². The van der Waals surface area contributed by atoms with Gasteiger partial charge in [0.1, 0.15) is 11.6 Å². The monoisotopic (exact) mass is 364 g/mol. The topological polar surface area (TPSA) is 55.8 Å². The zero-order chi connectivity index (χ0) is 19.2. The number of hydrogen-bond donors (Lipinski definition) is 1. The van der Waals surface area contributed by atoms with Gasteiger partial charge in [-0.2, -0.15) is 13.2 Å². The van der Waals surface area contributed by atoms with Crippen LogP contribution in [0.4, 0.5) is 17.6 Å². The maximum Gasteiger partial charge on any atom is 0.417 e. The quantitative estimate of drug-likeness (QED) is 0.819. The molecule has 0 spiro atoms. The van der Waals surface area contributed by atoms with Crippen molar-refractivity contribution in [3.05, 3.63) is 29.1 Å². The van der Waals surface area contributed by atoms with Crippen molar-refractivity contribution in [3.8, 4) is 5.75 Å². The van der Waals surface area contributed by atoms with Gasteiger partial charge in [0.15, 0.2) is 11.7 Å². The van der Waals surface area contributed by atoms with Gasteiger partial charge in [-0.25, -0.2) is 9.18 Å². The molecule has 0 radical (unpaired) electrons. The first-order valence-electron chi connectivity index (χ1n) is 7.84. The largest absolute Gasteiger partial charge is 0.493 e. The molecule has 0 aliphatic carbocycles. The van der Waals surface area contributed by atoms with Crippen molar-refractivity contribution < 1.29 is 36.9 Å². The van der Waals surface area contributed by atoms with Gasteiger partial charge < -0.3 is 14.6 Å². The zero-order valence-electron chi connectivity index (χ0n) is 14.3. The number of carboxylic acid groups (broad SMARTS) is 1. The van der Waals surface area contributed by atoms with Crippen LogP contribution >= 0.6 is 0 Å². The molecule has 0 amide bonds. The first kappa shape index (κ1) is 19.5. The van der Waals surface area contributed by atoms with E-state index in [1.807, 2.05) is 0 Å². The summed E-state index contributed by atoms with van der Waals surface area (Å²) in [6, 6.07) is 2.37. The predicted molar refractivity (Wildman–Crippen MR) is 81.2 cm³/mol. The number of halogens is 4. The molecule has 0 bridgehead atoms. The van der Waals surface area contributed by atoms with Gasteiger partial charge in [0.05, 0.1) is 6.61 Å². The van der Waals surface area contributed by atoms with Gasteiger partial charge in [0, 0.05) is 23.0 Å². The van der Waals surface area contributed by atoms with Crippen molar-refractivity contribution in [2.45, 2.75) is 51.5 Å². The van der Waals surface area contributed by atoms with Gasteiger partial charge in [0.25, 0.3) is 0 Å². The van der Waals surface area contributed by atoms with E-state index in [1.165, 1.54) is 19.9 Å². The highest BCUT2D eigenvalue weighted by atomic mass is 19.4. The van der Waals surface area contributed by atoms with Crippen molar-refractivity contribution in [3.63, 3.8) is 0 Å². The fraction of sp³-hybridized carbons (Fsp3) is 0.588. The van der Waals surface area contributed by atoms with Gasteiger partial charge in [-0.1, -0.05) is 13.0 Å². The van der Waals surface area contributed by atoms with Gasteiger partial charge in [-0.05, 0) is 26.8 Å². The molecule has 4 atom stereocenters. The Morgan fingerprint density at radius 2 is 2.00 bits per heavy atom. The third kappa shape index (κ3) is 3.07. The molecule has 140 valence electrons. The second-order valence-electron chi connectivity index (χ2n) is 6.32. The first-order valence-corrected chi connectivity index (χ1v) is 7.84. The Morgan fingerprint density at radius 3 is 2.48 bits per heavy atom. The van der Waals surface area contributed by atoms with Crippen molar-refractivity contribution in [1.29, 1.82) is 0 Å². The smallest absolute Gasteiger partial charge is 0.417 e. The van der Waals surface area contributed by atoms with Crippen LogP contribution in [-0.4, -0.2) is 35.6 Å². The Labute approximate surface area is 142 Å². The number of carbonyl (C=O) groups is 1. The molecule has 4 unspecified atom stereocenters. The second kappa shape index (κ2) is 6.48. The third-order valence-electron chi connectivity index (χ3n) is 4.93. The lowest BCUT2D eigenvalue weighted by Crippen LogP contribution is -2.47. The summed E-state index contributed by atoms with van der Waals surface area (Å²) in [5.74, 6) is -4.36. The van der Waals surface area contributed by atoms with E-state index in [0.29, 0.717) is 0 Å². The summed E-state index contributed by atoms with van der Waals surface area (Å²) in [7, 11) is 0.